The zero-order valence-electron chi connectivity index (χ0n) is 9.36. The van der Waals surface area contributed by atoms with E-state index in [0.717, 1.165) is 5.56 Å². The fourth-order valence-corrected chi connectivity index (χ4v) is 2.60. The van der Waals surface area contributed by atoms with E-state index in [1.54, 1.807) is 0 Å². The number of rotatable bonds is 2. The Morgan fingerprint density at radius 3 is 2.19 bits per heavy atom. The summed E-state index contributed by atoms with van der Waals surface area (Å²) in [5.74, 6) is 0. The molecule has 2 atom stereocenters. The molecule has 2 N–H and O–H groups in total. The van der Waals surface area contributed by atoms with Gasteiger partial charge in [-0.3, -0.25) is 0 Å². The van der Waals surface area contributed by atoms with Crippen LogP contribution in [0.25, 0.3) is 0 Å². The van der Waals surface area contributed by atoms with Crippen LogP contribution in [0.5, 0.6) is 0 Å². The summed E-state index contributed by atoms with van der Waals surface area (Å²) < 4.78 is 0. The van der Waals surface area contributed by atoms with E-state index in [9.17, 15) is 10.2 Å². The highest BCUT2D eigenvalue weighted by atomic mass is 35.5. The van der Waals surface area contributed by atoms with Crippen LogP contribution in [0.2, 0.25) is 5.02 Å². The van der Waals surface area contributed by atoms with E-state index in [1.165, 1.54) is 0 Å². The number of aliphatic hydroxyl groups excluding tert-OH is 2. The van der Waals surface area contributed by atoms with Crippen molar-refractivity contribution >= 4 is 11.6 Å². The Balaban J connectivity index is 2.17. The van der Waals surface area contributed by atoms with E-state index in [2.05, 4.69) is 0 Å². The Kier molecular flexibility index (Phi) is 3.24. The Morgan fingerprint density at radius 1 is 1.19 bits per heavy atom. The molecule has 1 aromatic carbocycles. The highest BCUT2D eigenvalue weighted by Gasteiger charge is 2.44. The standard InChI is InChI=1S/C13H17ClO2/c1-13(11(15)6-7-12(13)16)8-9-2-4-10(14)5-3-9/h2-5,11-12,15-16H,6-8H2,1H3/t11-,12-/m0/s1. The molecule has 1 aliphatic rings. The summed E-state index contributed by atoms with van der Waals surface area (Å²) in [4.78, 5) is 0. The SMILES string of the molecule is CC1(Cc2ccc(Cl)cc2)[C@@H](O)CC[C@@H]1O. The molecule has 1 saturated carbocycles. The first-order valence-electron chi connectivity index (χ1n) is 5.63. The molecular formula is C13H17ClO2. The van der Waals surface area contributed by atoms with Crippen LogP contribution in [0.3, 0.4) is 0 Å². The molecule has 0 spiro atoms. The maximum atomic E-state index is 9.95. The number of hydrogen-bond acceptors (Lipinski definition) is 2. The van der Waals surface area contributed by atoms with Crippen molar-refractivity contribution in [3.63, 3.8) is 0 Å². The van der Waals surface area contributed by atoms with E-state index in [1.807, 2.05) is 31.2 Å². The first kappa shape index (κ1) is 11.9. The molecule has 0 radical (unpaired) electrons. The summed E-state index contributed by atoms with van der Waals surface area (Å²) in [6.45, 7) is 1.95. The van der Waals surface area contributed by atoms with Crippen molar-refractivity contribution in [3.8, 4) is 0 Å². The van der Waals surface area contributed by atoms with Crippen LogP contribution in [-0.4, -0.2) is 22.4 Å². The second-order valence-electron chi connectivity index (χ2n) is 4.92. The molecule has 0 amide bonds. The molecule has 0 aromatic heterocycles. The molecule has 3 heteroatoms. The lowest BCUT2D eigenvalue weighted by atomic mass is 9.78. The van der Waals surface area contributed by atoms with Gasteiger partial charge in [0.2, 0.25) is 0 Å². The summed E-state index contributed by atoms with van der Waals surface area (Å²) in [6.07, 6.45) is 1.22. The number of benzene rings is 1. The van der Waals surface area contributed by atoms with Crippen molar-refractivity contribution in [3.05, 3.63) is 34.9 Å². The van der Waals surface area contributed by atoms with E-state index < -0.39 is 17.6 Å². The highest BCUT2D eigenvalue weighted by Crippen LogP contribution is 2.41. The van der Waals surface area contributed by atoms with Gasteiger partial charge in [-0.25, -0.2) is 0 Å². The van der Waals surface area contributed by atoms with E-state index in [0.29, 0.717) is 24.3 Å². The Hall–Kier alpha value is -0.570. The minimum atomic E-state index is -0.423. The fourth-order valence-electron chi connectivity index (χ4n) is 2.47. The van der Waals surface area contributed by atoms with Gasteiger partial charge in [0.15, 0.2) is 0 Å². The van der Waals surface area contributed by atoms with Crippen LogP contribution in [0.15, 0.2) is 24.3 Å². The van der Waals surface area contributed by atoms with Crippen molar-refractivity contribution in [2.75, 3.05) is 0 Å². The summed E-state index contributed by atoms with van der Waals surface area (Å²) >= 11 is 5.82. The van der Waals surface area contributed by atoms with Crippen molar-refractivity contribution < 1.29 is 10.2 Å². The molecule has 1 fully saturated rings. The molecule has 0 saturated heterocycles. The molecule has 0 unspecified atom stereocenters. The highest BCUT2D eigenvalue weighted by molar-refractivity contribution is 6.30. The van der Waals surface area contributed by atoms with Crippen molar-refractivity contribution in [2.24, 2.45) is 5.41 Å². The Bertz CT molecular complexity index is 351. The van der Waals surface area contributed by atoms with Gasteiger partial charge in [0.1, 0.15) is 0 Å². The third kappa shape index (κ3) is 2.10. The lowest BCUT2D eigenvalue weighted by molar-refractivity contribution is -0.0102. The smallest absolute Gasteiger partial charge is 0.0622 e. The molecule has 0 aliphatic heterocycles. The van der Waals surface area contributed by atoms with Gasteiger partial charge in [0.25, 0.3) is 0 Å². The number of aliphatic hydroxyl groups is 2. The van der Waals surface area contributed by atoms with Crippen LogP contribution < -0.4 is 0 Å². The first-order valence-corrected chi connectivity index (χ1v) is 6.01. The zero-order valence-corrected chi connectivity index (χ0v) is 10.1. The number of hydrogen-bond donors (Lipinski definition) is 2. The first-order chi connectivity index (χ1) is 7.52. The predicted octanol–water partition coefficient (Wildman–Crippen LogP) is 2.40. The van der Waals surface area contributed by atoms with Gasteiger partial charge in [0, 0.05) is 10.4 Å². The van der Waals surface area contributed by atoms with Gasteiger partial charge in [-0.15, -0.1) is 0 Å². The average Bonchev–Trinajstić information content (AvgIpc) is 2.50. The minimum Gasteiger partial charge on any atom is -0.392 e. The van der Waals surface area contributed by atoms with Gasteiger partial charge in [0.05, 0.1) is 12.2 Å². The molecule has 1 aromatic rings. The third-order valence-electron chi connectivity index (χ3n) is 3.73. The molecule has 88 valence electrons. The van der Waals surface area contributed by atoms with Crippen molar-refractivity contribution in [2.45, 2.75) is 38.4 Å². The molecule has 1 aliphatic carbocycles. The zero-order chi connectivity index (χ0) is 11.8. The molecule has 2 rings (SSSR count). The van der Waals surface area contributed by atoms with E-state index >= 15 is 0 Å². The lowest BCUT2D eigenvalue weighted by Crippen LogP contribution is -2.37. The topological polar surface area (TPSA) is 40.5 Å². The lowest BCUT2D eigenvalue weighted by Gasteiger charge is -2.31. The Labute approximate surface area is 101 Å². The molecule has 16 heavy (non-hydrogen) atoms. The maximum Gasteiger partial charge on any atom is 0.0622 e. The molecular weight excluding hydrogens is 224 g/mol. The Morgan fingerprint density at radius 2 is 1.69 bits per heavy atom. The largest absolute Gasteiger partial charge is 0.392 e. The van der Waals surface area contributed by atoms with Crippen LogP contribution in [0, 0.1) is 5.41 Å². The minimum absolute atomic E-state index is 0.418. The summed E-state index contributed by atoms with van der Waals surface area (Å²) in [7, 11) is 0. The summed E-state index contributed by atoms with van der Waals surface area (Å²) in [5, 5.41) is 20.6. The average molecular weight is 241 g/mol. The second kappa shape index (κ2) is 4.36. The summed E-state index contributed by atoms with van der Waals surface area (Å²) in [5.41, 5.74) is 0.681. The van der Waals surface area contributed by atoms with Crippen LogP contribution >= 0.6 is 11.6 Å². The second-order valence-corrected chi connectivity index (χ2v) is 5.35. The van der Waals surface area contributed by atoms with Crippen LogP contribution in [0.1, 0.15) is 25.3 Å². The summed E-state index contributed by atoms with van der Waals surface area (Å²) in [6, 6.07) is 7.58. The number of halogens is 1. The van der Waals surface area contributed by atoms with Gasteiger partial charge in [-0.1, -0.05) is 30.7 Å². The van der Waals surface area contributed by atoms with Crippen molar-refractivity contribution in [1.29, 1.82) is 0 Å². The third-order valence-corrected chi connectivity index (χ3v) is 3.99. The molecule has 0 heterocycles. The fraction of sp³-hybridized carbons (Fsp3) is 0.538. The predicted molar refractivity (Wildman–Crippen MR) is 64.5 cm³/mol. The van der Waals surface area contributed by atoms with Crippen LogP contribution in [0.4, 0.5) is 0 Å². The van der Waals surface area contributed by atoms with Gasteiger partial charge < -0.3 is 10.2 Å². The monoisotopic (exact) mass is 240 g/mol. The van der Waals surface area contributed by atoms with Gasteiger partial charge in [-0.2, -0.15) is 0 Å². The quantitative estimate of drug-likeness (QED) is 0.834. The van der Waals surface area contributed by atoms with Crippen LogP contribution in [-0.2, 0) is 6.42 Å². The van der Waals surface area contributed by atoms with Gasteiger partial charge >= 0.3 is 0 Å². The van der Waals surface area contributed by atoms with Gasteiger partial charge in [-0.05, 0) is 37.0 Å². The van der Waals surface area contributed by atoms with E-state index in [4.69, 9.17) is 11.6 Å². The molecule has 2 nitrogen and oxygen atoms in total. The van der Waals surface area contributed by atoms with E-state index in [-0.39, 0.29) is 0 Å². The maximum absolute atomic E-state index is 9.95. The normalized spacial score (nSPS) is 28.2. The van der Waals surface area contributed by atoms with Crippen molar-refractivity contribution in [1.82, 2.24) is 0 Å². The molecule has 0 bridgehead atoms.